The van der Waals surface area contributed by atoms with Gasteiger partial charge in [-0.3, -0.25) is 0 Å². The maximum atomic E-state index is 14.9. The molecule has 2 aliphatic heterocycles. The molecule has 0 atom stereocenters. The van der Waals surface area contributed by atoms with Gasteiger partial charge in [0.1, 0.15) is 23.8 Å². The van der Waals surface area contributed by atoms with E-state index >= 15 is 0 Å². The van der Waals surface area contributed by atoms with Gasteiger partial charge in [0, 0.05) is 11.6 Å². The van der Waals surface area contributed by atoms with E-state index in [0.717, 1.165) is 12.3 Å². The summed E-state index contributed by atoms with van der Waals surface area (Å²) in [7, 11) is 0. The molecule has 0 saturated carbocycles. The van der Waals surface area contributed by atoms with Crippen LogP contribution >= 0.6 is 12.4 Å². The summed E-state index contributed by atoms with van der Waals surface area (Å²) in [5.74, 6) is -1.96. The highest BCUT2D eigenvalue weighted by Crippen LogP contribution is 2.40. The lowest BCUT2D eigenvalue weighted by Gasteiger charge is -2.34. The van der Waals surface area contributed by atoms with Crippen molar-refractivity contribution in [2.75, 3.05) is 36.5 Å². The summed E-state index contributed by atoms with van der Waals surface area (Å²) in [6.45, 7) is 6.03. The van der Waals surface area contributed by atoms with Crippen molar-refractivity contribution in [1.82, 2.24) is 20.3 Å². The zero-order valence-corrected chi connectivity index (χ0v) is 22.1. The van der Waals surface area contributed by atoms with Gasteiger partial charge in [0.2, 0.25) is 5.95 Å². The summed E-state index contributed by atoms with van der Waals surface area (Å²) >= 11 is 0. The van der Waals surface area contributed by atoms with Crippen LogP contribution in [0.4, 0.5) is 39.4 Å². The van der Waals surface area contributed by atoms with E-state index in [0.29, 0.717) is 44.8 Å². The van der Waals surface area contributed by atoms with Gasteiger partial charge in [-0.2, -0.15) is 13.2 Å². The Morgan fingerprint density at radius 3 is 2.51 bits per heavy atom. The number of nitrogens with one attached hydrogen (secondary N) is 2. The number of hydrogen-bond acceptors (Lipinski definition) is 7. The van der Waals surface area contributed by atoms with Crippen LogP contribution in [-0.2, 0) is 6.18 Å². The van der Waals surface area contributed by atoms with Gasteiger partial charge >= 0.3 is 6.18 Å². The second kappa shape index (κ2) is 11.5. The summed E-state index contributed by atoms with van der Waals surface area (Å²) in [4.78, 5) is 13.8. The van der Waals surface area contributed by atoms with Crippen molar-refractivity contribution in [3.63, 3.8) is 0 Å². The van der Waals surface area contributed by atoms with Gasteiger partial charge < -0.3 is 20.3 Å². The van der Waals surface area contributed by atoms with E-state index in [1.165, 1.54) is 12.1 Å². The molecule has 4 heterocycles. The Morgan fingerprint density at radius 2 is 1.82 bits per heavy atom. The molecule has 1 saturated heterocycles. The van der Waals surface area contributed by atoms with Gasteiger partial charge in [-0.05, 0) is 69.5 Å². The number of benzene rings is 1. The molecule has 210 valence electrons. The first-order valence-corrected chi connectivity index (χ1v) is 12.4. The molecular formula is C26H28ClF5N6O. The average molecular weight is 571 g/mol. The van der Waals surface area contributed by atoms with Crippen molar-refractivity contribution >= 4 is 29.9 Å². The average Bonchev–Trinajstić information content (AvgIpc) is 2.89. The number of fused-ring (bicyclic) bond motifs is 1. The second-order valence-electron chi connectivity index (χ2n) is 9.61. The topological polar surface area (TPSA) is 75.2 Å². The van der Waals surface area contributed by atoms with Gasteiger partial charge in [-0.15, -0.1) is 12.4 Å². The normalized spacial score (nSPS) is 15.9. The third kappa shape index (κ3) is 6.01. The van der Waals surface area contributed by atoms with Crippen LogP contribution in [-0.4, -0.2) is 47.2 Å². The number of aromatic nitrogens is 3. The van der Waals surface area contributed by atoms with Gasteiger partial charge in [0.05, 0.1) is 18.4 Å². The smallest absolute Gasteiger partial charge is 0.433 e. The fourth-order valence-electron chi connectivity index (χ4n) is 4.95. The van der Waals surface area contributed by atoms with Crippen molar-refractivity contribution in [3.8, 4) is 17.0 Å². The first-order valence-electron chi connectivity index (χ1n) is 12.4. The van der Waals surface area contributed by atoms with E-state index in [4.69, 9.17) is 4.74 Å². The van der Waals surface area contributed by atoms with Crippen LogP contribution in [0.3, 0.4) is 0 Å². The molecule has 2 N–H and O–H groups in total. The van der Waals surface area contributed by atoms with Gasteiger partial charge in [0.15, 0.2) is 17.4 Å². The van der Waals surface area contributed by atoms with Crippen molar-refractivity contribution in [1.29, 1.82) is 0 Å². The Morgan fingerprint density at radius 1 is 1.08 bits per heavy atom. The number of anilines is 3. The SMILES string of the molecule is CC(C)N1CCOc2c(F)cc(-c3nc(Nc4ccc(C5CCNCC5)c(C(F)(F)F)n4)ncc3F)cc21.Cl. The fraction of sp³-hybridized carbons (Fsp3) is 0.423. The summed E-state index contributed by atoms with van der Waals surface area (Å²) in [6, 6.07) is 5.58. The Bertz CT molecular complexity index is 1330. The summed E-state index contributed by atoms with van der Waals surface area (Å²) < 4.78 is 76.9. The number of ether oxygens (including phenoxy) is 1. The quantitative estimate of drug-likeness (QED) is 0.360. The number of pyridine rings is 1. The molecule has 0 unspecified atom stereocenters. The predicted octanol–water partition coefficient (Wildman–Crippen LogP) is 6.08. The van der Waals surface area contributed by atoms with Crippen molar-refractivity contribution in [3.05, 3.63) is 53.4 Å². The lowest BCUT2D eigenvalue weighted by Crippen LogP contribution is -2.38. The lowest BCUT2D eigenvalue weighted by molar-refractivity contribution is -0.142. The fourth-order valence-corrected chi connectivity index (χ4v) is 4.95. The van der Waals surface area contributed by atoms with Crippen LogP contribution in [0.25, 0.3) is 11.3 Å². The number of nitrogens with zero attached hydrogens (tertiary/aromatic N) is 4. The third-order valence-corrected chi connectivity index (χ3v) is 6.77. The van der Waals surface area contributed by atoms with Crippen molar-refractivity contribution < 1.29 is 26.7 Å². The molecule has 39 heavy (non-hydrogen) atoms. The van der Waals surface area contributed by atoms with Crippen LogP contribution in [0.1, 0.15) is 43.9 Å². The molecule has 0 amide bonds. The Kier molecular flexibility index (Phi) is 8.45. The van der Waals surface area contributed by atoms with E-state index in [1.54, 1.807) is 6.07 Å². The molecule has 2 aliphatic rings. The number of halogens is 6. The number of hydrogen-bond donors (Lipinski definition) is 2. The first-order chi connectivity index (χ1) is 18.1. The Labute approximate surface area is 228 Å². The highest BCUT2D eigenvalue weighted by Gasteiger charge is 2.38. The zero-order chi connectivity index (χ0) is 27.0. The highest BCUT2D eigenvalue weighted by molar-refractivity contribution is 5.85. The zero-order valence-electron chi connectivity index (χ0n) is 21.3. The summed E-state index contributed by atoms with van der Waals surface area (Å²) in [5, 5.41) is 5.79. The van der Waals surface area contributed by atoms with Crippen LogP contribution in [0.2, 0.25) is 0 Å². The standard InChI is InChI=1S/C26H27F5N6O.ClH/c1-14(2)37-9-10-38-23-18(27)11-16(12-20(23)37)22-19(28)13-33-25(36-22)35-21-4-3-17(15-5-7-32-8-6-15)24(34-21)26(29,30)31;/h3-4,11-15,32H,5-10H2,1-2H3,(H,33,34,35,36);1H. The Balaban J connectivity index is 0.00000353. The minimum Gasteiger partial charge on any atom is -0.486 e. The molecule has 0 bridgehead atoms. The number of rotatable bonds is 5. The molecule has 0 spiro atoms. The minimum atomic E-state index is -4.66. The maximum absolute atomic E-state index is 14.9. The summed E-state index contributed by atoms with van der Waals surface area (Å²) in [5.41, 5.74) is -0.417. The first kappa shape index (κ1) is 28.8. The van der Waals surface area contributed by atoms with E-state index in [1.807, 2.05) is 18.7 Å². The van der Waals surface area contributed by atoms with E-state index < -0.39 is 23.5 Å². The monoisotopic (exact) mass is 570 g/mol. The molecule has 2 aromatic heterocycles. The molecule has 1 aromatic carbocycles. The van der Waals surface area contributed by atoms with Crippen LogP contribution in [0.15, 0.2) is 30.5 Å². The van der Waals surface area contributed by atoms with Gasteiger partial charge in [0.25, 0.3) is 0 Å². The van der Waals surface area contributed by atoms with Crippen molar-refractivity contribution in [2.45, 2.75) is 44.8 Å². The molecule has 7 nitrogen and oxygen atoms in total. The summed E-state index contributed by atoms with van der Waals surface area (Å²) in [6.07, 6.45) is -2.61. The number of alkyl halides is 3. The Hall–Kier alpha value is -3.25. The molecule has 1 fully saturated rings. The molecule has 0 aliphatic carbocycles. The van der Waals surface area contributed by atoms with Gasteiger partial charge in [-0.1, -0.05) is 6.07 Å². The van der Waals surface area contributed by atoms with E-state index in [9.17, 15) is 22.0 Å². The molecule has 3 aromatic rings. The number of piperidine rings is 1. The second-order valence-corrected chi connectivity index (χ2v) is 9.61. The van der Waals surface area contributed by atoms with Crippen LogP contribution < -0.4 is 20.3 Å². The molecule has 13 heteroatoms. The van der Waals surface area contributed by atoms with Crippen LogP contribution in [0.5, 0.6) is 5.75 Å². The predicted molar refractivity (Wildman–Crippen MR) is 140 cm³/mol. The van der Waals surface area contributed by atoms with Crippen molar-refractivity contribution in [2.24, 2.45) is 0 Å². The van der Waals surface area contributed by atoms with E-state index in [-0.39, 0.29) is 58.7 Å². The minimum absolute atomic E-state index is 0. The molecule has 5 rings (SSSR count). The van der Waals surface area contributed by atoms with Crippen LogP contribution in [0, 0.1) is 11.6 Å². The largest absolute Gasteiger partial charge is 0.486 e. The molecule has 0 radical (unpaired) electrons. The molecular weight excluding hydrogens is 543 g/mol. The van der Waals surface area contributed by atoms with E-state index in [2.05, 4.69) is 25.6 Å². The van der Waals surface area contributed by atoms with Gasteiger partial charge in [-0.25, -0.2) is 23.7 Å². The maximum Gasteiger partial charge on any atom is 0.433 e. The third-order valence-electron chi connectivity index (χ3n) is 6.77. The lowest BCUT2D eigenvalue weighted by atomic mass is 9.89. The highest BCUT2D eigenvalue weighted by atomic mass is 35.5.